The van der Waals surface area contributed by atoms with Crippen molar-refractivity contribution in [3.05, 3.63) is 84.4 Å². The van der Waals surface area contributed by atoms with E-state index >= 15 is 0 Å². The van der Waals surface area contributed by atoms with Crippen LogP contribution in [0.4, 0.5) is 11.4 Å². The number of amides is 2. The number of aromatic amines is 1. The third-order valence-corrected chi connectivity index (χ3v) is 6.18. The van der Waals surface area contributed by atoms with Gasteiger partial charge >= 0.3 is 0 Å². The molecular formula is C27H26N4O2. The standard InChI is InChI=1S/C27H26N4O2/c28-21-11-8-20-16-23(30-24(20)17-21)19-9-12-22(13-10-19)29-27(33)25-7-4-14-31(25)26(32)15-18-5-2-1-3-6-18/h1-3,5-6,8-13,16-17,25,30H,4,7,14-15,28H2,(H,29,33)/t25-/m0/s1. The smallest absolute Gasteiger partial charge is 0.247 e. The zero-order chi connectivity index (χ0) is 22.8. The summed E-state index contributed by atoms with van der Waals surface area (Å²) >= 11 is 0. The van der Waals surface area contributed by atoms with Gasteiger partial charge < -0.3 is 20.9 Å². The Morgan fingerprint density at radius 1 is 1.00 bits per heavy atom. The van der Waals surface area contributed by atoms with Crippen LogP contribution >= 0.6 is 0 Å². The monoisotopic (exact) mass is 438 g/mol. The Hall–Kier alpha value is -4.06. The molecule has 4 N–H and O–H groups in total. The molecule has 1 aliphatic heterocycles. The molecule has 0 bridgehead atoms. The molecule has 4 aromatic rings. The Kier molecular flexibility index (Phi) is 5.57. The van der Waals surface area contributed by atoms with Gasteiger partial charge in [0.2, 0.25) is 11.8 Å². The fourth-order valence-corrected chi connectivity index (χ4v) is 4.47. The summed E-state index contributed by atoms with van der Waals surface area (Å²) in [5.74, 6) is -0.142. The number of hydrogen-bond acceptors (Lipinski definition) is 3. The summed E-state index contributed by atoms with van der Waals surface area (Å²) < 4.78 is 0. The Balaban J connectivity index is 1.25. The Morgan fingerprint density at radius 2 is 1.79 bits per heavy atom. The van der Waals surface area contributed by atoms with Crippen LogP contribution in [0.1, 0.15) is 18.4 Å². The van der Waals surface area contributed by atoms with Crippen molar-refractivity contribution in [2.24, 2.45) is 0 Å². The second-order valence-corrected chi connectivity index (χ2v) is 8.50. The first-order valence-electron chi connectivity index (χ1n) is 11.2. The highest BCUT2D eigenvalue weighted by molar-refractivity contribution is 5.98. The van der Waals surface area contributed by atoms with Crippen LogP contribution in [0.25, 0.3) is 22.2 Å². The minimum atomic E-state index is -0.431. The highest BCUT2D eigenvalue weighted by Gasteiger charge is 2.33. The number of hydrogen-bond donors (Lipinski definition) is 3. The van der Waals surface area contributed by atoms with Crippen molar-refractivity contribution in [1.82, 2.24) is 9.88 Å². The molecule has 0 saturated carbocycles. The molecule has 1 fully saturated rings. The maximum atomic E-state index is 13.0. The molecule has 2 amide bonds. The third-order valence-electron chi connectivity index (χ3n) is 6.18. The van der Waals surface area contributed by atoms with E-state index in [-0.39, 0.29) is 11.8 Å². The van der Waals surface area contributed by atoms with E-state index in [1.54, 1.807) is 4.90 Å². The van der Waals surface area contributed by atoms with Crippen molar-refractivity contribution < 1.29 is 9.59 Å². The van der Waals surface area contributed by atoms with E-state index < -0.39 is 6.04 Å². The molecule has 0 spiro atoms. The first-order valence-corrected chi connectivity index (χ1v) is 11.2. The van der Waals surface area contributed by atoms with E-state index in [4.69, 9.17) is 5.73 Å². The number of likely N-dealkylation sites (tertiary alicyclic amines) is 1. The number of H-pyrrole nitrogens is 1. The Bertz CT molecular complexity index is 1290. The van der Waals surface area contributed by atoms with Gasteiger partial charge in [-0.25, -0.2) is 0 Å². The zero-order valence-corrected chi connectivity index (χ0v) is 18.3. The highest BCUT2D eigenvalue weighted by Crippen LogP contribution is 2.27. The second-order valence-electron chi connectivity index (χ2n) is 8.50. The van der Waals surface area contributed by atoms with E-state index in [0.717, 1.165) is 39.8 Å². The van der Waals surface area contributed by atoms with Gasteiger partial charge in [0.15, 0.2) is 0 Å². The number of nitrogen functional groups attached to an aromatic ring is 1. The normalized spacial score (nSPS) is 15.6. The number of nitrogens with one attached hydrogen (secondary N) is 2. The van der Waals surface area contributed by atoms with Crippen LogP contribution < -0.4 is 11.1 Å². The molecule has 6 heteroatoms. The highest BCUT2D eigenvalue weighted by atomic mass is 16.2. The molecule has 1 aliphatic rings. The van der Waals surface area contributed by atoms with Gasteiger partial charge in [-0.05, 0) is 54.3 Å². The number of fused-ring (bicyclic) bond motifs is 1. The van der Waals surface area contributed by atoms with Crippen LogP contribution in [0.5, 0.6) is 0 Å². The van der Waals surface area contributed by atoms with Crippen LogP contribution in [-0.2, 0) is 16.0 Å². The predicted octanol–water partition coefficient (Wildman–Crippen LogP) is 4.59. The fourth-order valence-electron chi connectivity index (χ4n) is 4.47. The van der Waals surface area contributed by atoms with Gasteiger partial charge in [0.05, 0.1) is 6.42 Å². The molecule has 3 aromatic carbocycles. The largest absolute Gasteiger partial charge is 0.399 e. The molecule has 0 aliphatic carbocycles. The summed E-state index contributed by atoms with van der Waals surface area (Å²) in [5, 5.41) is 4.08. The van der Waals surface area contributed by atoms with Gasteiger partial charge in [-0.2, -0.15) is 0 Å². The van der Waals surface area contributed by atoms with Crippen molar-refractivity contribution in [3.8, 4) is 11.3 Å². The van der Waals surface area contributed by atoms with Crippen LogP contribution in [0, 0.1) is 0 Å². The molecule has 33 heavy (non-hydrogen) atoms. The lowest BCUT2D eigenvalue weighted by Gasteiger charge is -2.24. The van der Waals surface area contributed by atoms with Crippen molar-refractivity contribution in [3.63, 3.8) is 0 Å². The summed E-state index contributed by atoms with van der Waals surface area (Å²) in [6.07, 6.45) is 1.83. The van der Waals surface area contributed by atoms with E-state index in [2.05, 4.69) is 16.4 Å². The third kappa shape index (κ3) is 4.46. The average Bonchev–Trinajstić information content (AvgIpc) is 3.47. The number of nitrogens with zero attached hydrogens (tertiary/aromatic N) is 1. The molecule has 6 nitrogen and oxygen atoms in total. The van der Waals surface area contributed by atoms with Gasteiger partial charge in [-0.3, -0.25) is 9.59 Å². The van der Waals surface area contributed by atoms with Gasteiger partial charge in [0.1, 0.15) is 6.04 Å². The number of rotatable bonds is 5. The summed E-state index contributed by atoms with van der Waals surface area (Å²) in [6.45, 7) is 0.619. The van der Waals surface area contributed by atoms with Crippen molar-refractivity contribution in [1.29, 1.82) is 0 Å². The van der Waals surface area contributed by atoms with Crippen LogP contribution in [-0.4, -0.2) is 34.3 Å². The number of benzene rings is 3. The first-order chi connectivity index (χ1) is 16.1. The molecular weight excluding hydrogens is 412 g/mol. The summed E-state index contributed by atoms with van der Waals surface area (Å²) in [6, 6.07) is 24.8. The average molecular weight is 439 g/mol. The molecule has 1 aromatic heterocycles. The lowest BCUT2D eigenvalue weighted by molar-refractivity contribution is -0.136. The van der Waals surface area contributed by atoms with E-state index in [0.29, 0.717) is 25.1 Å². The number of carbonyl (C=O) groups is 2. The van der Waals surface area contributed by atoms with Crippen molar-refractivity contribution >= 4 is 34.1 Å². The molecule has 166 valence electrons. The number of anilines is 2. The van der Waals surface area contributed by atoms with E-state index in [9.17, 15) is 9.59 Å². The Morgan fingerprint density at radius 3 is 2.58 bits per heavy atom. The Labute approximate surface area is 192 Å². The molecule has 0 unspecified atom stereocenters. The van der Waals surface area contributed by atoms with E-state index in [1.165, 1.54) is 0 Å². The lowest BCUT2D eigenvalue weighted by atomic mass is 10.1. The maximum Gasteiger partial charge on any atom is 0.247 e. The molecule has 1 saturated heterocycles. The van der Waals surface area contributed by atoms with Crippen molar-refractivity contribution in [2.75, 3.05) is 17.6 Å². The first kappa shape index (κ1) is 20.8. The topological polar surface area (TPSA) is 91.2 Å². The molecule has 0 radical (unpaired) electrons. The molecule has 5 rings (SSSR count). The molecule has 1 atom stereocenters. The summed E-state index contributed by atoms with van der Waals surface area (Å²) in [4.78, 5) is 30.9. The van der Waals surface area contributed by atoms with Gasteiger partial charge in [0.25, 0.3) is 0 Å². The number of aromatic nitrogens is 1. The van der Waals surface area contributed by atoms with Crippen LogP contribution in [0.15, 0.2) is 78.9 Å². The van der Waals surface area contributed by atoms with Gasteiger partial charge in [-0.15, -0.1) is 0 Å². The zero-order valence-electron chi connectivity index (χ0n) is 18.3. The van der Waals surface area contributed by atoms with Gasteiger partial charge in [-0.1, -0.05) is 48.5 Å². The minimum Gasteiger partial charge on any atom is -0.399 e. The number of nitrogens with two attached hydrogens (primary N) is 1. The fraction of sp³-hybridized carbons (Fsp3) is 0.185. The van der Waals surface area contributed by atoms with E-state index in [1.807, 2.05) is 72.8 Å². The predicted molar refractivity (Wildman–Crippen MR) is 132 cm³/mol. The minimum absolute atomic E-state index is 0.00588. The lowest BCUT2D eigenvalue weighted by Crippen LogP contribution is -2.43. The van der Waals surface area contributed by atoms with Crippen LogP contribution in [0.3, 0.4) is 0 Å². The van der Waals surface area contributed by atoms with Gasteiger partial charge in [0, 0.05) is 34.5 Å². The van der Waals surface area contributed by atoms with Crippen LogP contribution in [0.2, 0.25) is 0 Å². The SMILES string of the molecule is Nc1ccc2cc(-c3ccc(NC(=O)[C@@H]4CCCN4C(=O)Cc4ccccc4)cc3)[nH]c2c1. The summed E-state index contributed by atoms with van der Waals surface area (Å²) in [7, 11) is 0. The van der Waals surface area contributed by atoms with Crippen molar-refractivity contribution in [2.45, 2.75) is 25.3 Å². The second kappa shape index (κ2) is 8.82. The summed E-state index contributed by atoms with van der Waals surface area (Å²) in [5.41, 5.74) is 11.3. The maximum absolute atomic E-state index is 13.0. The molecule has 2 heterocycles. The quantitative estimate of drug-likeness (QED) is 0.398. The number of carbonyl (C=O) groups excluding carboxylic acids is 2.